The number of allylic oxidation sites excluding steroid dienone is 1. The molecule has 0 bridgehead atoms. The zero-order chi connectivity index (χ0) is 10.4. The van der Waals surface area contributed by atoms with E-state index < -0.39 is 0 Å². The summed E-state index contributed by atoms with van der Waals surface area (Å²) in [7, 11) is 0. The van der Waals surface area contributed by atoms with E-state index in [-0.39, 0.29) is 6.10 Å². The number of aliphatic hydroxyl groups excluding tert-OH is 1. The molecule has 2 N–H and O–H groups in total. The lowest BCUT2D eigenvalue weighted by Gasteiger charge is -2.16. The fourth-order valence-corrected chi connectivity index (χ4v) is 1.82. The van der Waals surface area contributed by atoms with Gasteiger partial charge in [-0.1, -0.05) is 26.3 Å². The monoisotopic (exact) mass is 197 g/mol. The zero-order valence-corrected chi connectivity index (χ0v) is 9.42. The minimum absolute atomic E-state index is 0.268. The van der Waals surface area contributed by atoms with Crippen LogP contribution < -0.4 is 5.32 Å². The van der Waals surface area contributed by atoms with Crippen molar-refractivity contribution in [2.24, 2.45) is 0 Å². The van der Waals surface area contributed by atoms with Crippen LogP contribution in [-0.4, -0.2) is 23.8 Å². The van der Waals surface area contributed by atoms with Crippen molar-refractivity contribution in [3.05, 3.63) is 11.6 Å². The summed E-state index contributed by atoms with van der Waals surface area (Å²) in [4.78, 5) is 0. The molecule has 0 saturated heterocycles. The van der Waals surface area contributed by atoms with Crippen molar-refractivity contribution in [1.29, 1.82) is 0 Å². The molecule has 1 aliphatic carbocycles. The van der Waals surface area contributed by atoms with Gasteiger partial charge >= 0.3 is 0 Å². The number of hydrogen-bond acceptors (Lipinski definition) is 2. The number of aliphatic hydroxyl groups is 1. The first kappa shape index (κ1) is 11.7. The number of rotatable bonds is 4. The van der Waals surface area contributed by atoms with E-state index in [9.17, 15) is 5.11 Å². The standard InChI is InChI=1S/C12H23NO/c1-10(2)13-9-12(14)11-7-5-3-4-6-8-11/h7,10,12-14H,3-6,8-9H2,1-2H3. The van der Waals surface area contributed by atoms with Crippen LogP contribution in [0.25, 0.3) is 0 Å². The van der Waals surface area contributed by atoms with Crippen molar-refractivity contribution in [3.63, 3.8) is 0 Å². The van der Waals surface area contributed by atoms with Crippen LogP contribution >= 0.6 is 0 Å². The molecule has 82 valence electrons. The molecule has 1 unspecified atom stereocenters. The summed E-state index contributed by atoms with van der Waals surface area (Å²) in [6.07, 6.45) is 8.03. The SMILES string of the molecule is CC(C)NCC(O)C1=CCCCCC1. The minimum Gasteiger partial charge on any atom is -0.387 e. The molecule has 2 nitrogen and oxygen atoms in total. The van der Waals surface area contributed by atoms with Gasteiger partial charge in [-0.25, -0.2) is 0 Å². The maximum Gasteiger partial charge on any atom is 0.0874 e. The van der Waals surface area contributed by atoms with Crippen LogP contribution in [0.15, 0.2) is 11.6 Å². The topological polar surface area (TPSA) is 32.3 Å². The van der Waals surface area contributed by atoms with Crippen LogP contribution in [0, 0.1) is 0 Å². The lowest BCUT2D eigenvalue weighted by Crippen LogP contribution is -2.32. The van der Waals surface area contributed by atoms with Gasteiger partial charge in [-0.15, -0.1) is 0 Å². The van der Waals surface area contributed by atoms with Gasteiger partial charge in [-0.05, 0) is 31.3 Å². The van der Waals surface area contributed by atoms with E-state index >= 15 is 0 Å². The first-order valence-electron chi connectivity index (χ1n) is 5.80. The third-order valence-electron chi connectivity index (χ3n) is 2.72. The molecule has 14 heavy (non-hydrogen) atoms. The molecule has 0 aromatic heterocycles. The molecule has 0 amide bonds. The molecule has 1 aliphatic rings. The van der Waals surface area contributed by atoms with Gasteiger partial charge in [0.05, 0.1) is 6.10 Å². The third kappa shape index (κ3) is 4.25. The lowest BCUT2D eigenvalue weighted by molar-refractivity contribution is 0.199. The average molecular weight is 197 g/mol. The Labute approximate surface area is 87.4 Å². The van der Waals surface area contributed by atoms with E-state index in [1.807, 2.05) is 0 Å². The highest BCUT2D eigenvalue weighted by molar-refractivity contribution is 5.09. The van der Waals surface area contributed by atoms with Crippen molar-refractivity contribution >= 4 is 0 Å². The second kappa shape index (κ2) is 6.20. The van der Waals surface area contributed by atoms with E-state index in [1.165, 1.54) is 24.8 Å². The molecule has 1 rings (SSSR count). The van der Waals surface area contributed by atoms with Gasteiger partial charge in [0.15, 0.2) is 0 Å². The summed E-state index contributed by atoms with van der Waals surface area (Å²) >= 11 is 0. The van der Waals surface area contributed by atoms with Gasteiger partial charge in [0.2, 0.25) is 0 Å². The Morgan fingerprint density at radius 2 is 2.14 bits per heavy atom. The predicted molar refractivity (Wildman–Crippen MR) is 60.3 cm³/mol. The molecule has 2 heteroatoms. The summed E-state index contributed by atoms with van der Waals surface area (Å²) in [5, 5.41) is 13.2. The van der Waals surface area contributed by atoms with E-state index in [2.05, 4.69) is 25.2 Å². The smallest absolute Gasteiger partial charge is 0.0874 e. The first-order valence-corrected chi connectivity index (χ1v) is 5.80. The minimum atomic E-state index is -0.268. The Morgan fingerprint density at radius 1 is 1.36 bits per heavy atom. The lowest BCUT2D eigenvalue weighted by atomic mass is 10.0. The molecule has 0 spiro atoms. The zero-order valence-electron chi connectivity index (χ0n) is 9.42. The quantitative estimate of drug-likeness (QED) is 0.677. The van der Waals surface area contributed by atoms with E-state index in [0.29, 0.717) is 12.6 Å². The Kier molecular flexibility index (Phi) is 5.20. The van der Waals surface area contributed by atoms with Gasteiger partial charge in [-0.3, -0.25) is 0 Å². The average Bonchev–Trinajstić information content (AvgIpc) is 2.42. The van der Waals surface area contributed by atoms with Crippen LogP contribution in [0.5, 0.6) is 0 Å². The highest BCUT2D eigenvalue weighted by Gasteiger charge is 2.12. The molecule has 0 heterocycles. The molecule has 0 aromatic rings. The normalized spacial score (nSPS) is 20.4. The highest BCUT2D eigenvalue weighted by Crippen LogP contribution is 2.19. The van der Waals surface area contributed by atoms with E-state index in [4.69, 9.17) is 0 Å². The van der Waals surface area contributed by atoms with Gasteiger partial charge in [0.25, 0.3) is 0 Å². The summed E-state index contributed by atoms with van der Waals surface area (Å²) in [6, 6.07) is 0.455. The third-order valence-corrected chi connectivity index (χ3v) is 2.72. The summed E-state index contributed by atoms with van der Waals surface area (Å²) in [5.74, 6) is 0. The fourth-order valence-electron chi connectivity index (χ4n) is 1.82. The maximum absolute atomic E-state index is 9.92. The second-order valence-corrected chi connectivity index (χ2v) is 4.46. The van der Waals surface area contributed by atoms with Crippen LogP contribution in [0.1, 0.15) is 46.0 Å². The largest absolute Gasteiger partial charge is 0.387 e. The van der Waals surface area contributed by atoms with Crippen molar-refractivity contribution < 1.29 is 5.11 Å². The summed E-state index contributed by atoms with van der Waals surface area (Å²) in [6.45, 7) is 4.91. The molecule has 0 aliphatic heterocycles. The fraction of sp³-hybridized carbons (Fsp3) is 0.833. The van der Waals surface area contributed by atoms with Crippen LogP contribution in [0.2, 0.25) is 0 Å². The van der Waals surface area contributed by atoms with Gasteiger partial charge in [0.1, 0.15) is 0 Å². The van der Waals surface area contributed by atoms with Gasteiger partial charge in [-0.2, -0.15) is 0 Å². The Morgan fingerprint density at radius 3 is 2.86 bits per heavy atom. The van der Waals surface area contributed by atoms with Gasteiger partial charge in [0, 0.05) is 12.6 Å². The van der Waals surface area contributed by atoms with Crippen LogP contribution in [-0.2, 0) is 0 Å². The molecule has 0 aromatic carbocycles. The summed E-state index contributed by atoms with van der Waals surface area (Å²) in [5.41, 5.74) is 1.25. The van der Waals surface area contributed by atoms with E-state index in [1.54, 1.807) is 0 Å². The van der Waals surface area contributed by atoms with Crippen LogP contribution in [0.4, 0.5) is 0 Å². The van der Waals surface area contributed by atoms with Crippen molar-refractivity contribution in [2.75, 3.05) is 6.54 Å². The summed E-state index contributed by atoms with van der Waals surface area (Å²) < 4.78 is 0. The number of hydrogen-bond donors (Lipinski definition) is 2. The Hall–Kier alpha value is -0.340. The molecule has 1 atom stereocenters. The van der Waals surface area contributed by atoms with E-state index in [0.717, 1.165) is 12.8 Å². The predicted octanol–water partition coefficient (Wildman–Crippen LogP) is 2.24. The first-order chi connectivity index (χ1) is 6.70. The Bertz CT molecular complexity index is 187. The second-order valence-electron chi connectivity index (χ2n) is 4.46. The number of nitrogens with one attached hydrogen (secondary N) is 1. The van der Waals surface area contributed by atoms with Crippen molar-refractivity contribution in [3.8, 4) is 0 Å². The van der Waals surface area contributed by atoms with Crippen molar-refractivity contribution in [2.45, 2.75) is 58.1 Å². The molecule has 0 radical (unpaired) electrons. The molecule has 0 saturated carbocycles. The molecular formula is C12H23NO. The van der Waals surface area contributed by atoms with Crippen LogP contribution in [0.3, 0.4) is 0 Å². The highest BCUT2D eigenvalue weighted by atomic mass is 16.3. The maximum atomic E-state index is 9.92. The molecular weight excluding hydrogens is 174 g/mol. The van der Waals surface area contributed by atoms with Crippen molar-refractivity contribution in [1.82, 2.24) is 5.32 Å². The van der Waals surface area contributed by atoms with Gasteiger partial charge < -0.3 is 10.4 Å². The molecule has 0 fully saturated rings. The Balaban J connectivity index is 2.33.